The number of nitrogens with zero attached hydrogens (tertiary/aromatic N) is 1. The highest BCUT2D eigenvalue weighted by Crippen LogP contribution is 2.31. The highest BCUT2D eigenvalue weighted by Gasteiger charge is 2.48. The van der Waals surface area contributed by atoms with Gasteiger partial charge >= 0.3 is 5.69 Å². The summed E-state index contributed by atoms with van der Waals surface area (Å²) in [5.41, 5.74) is -0.410. The Morgan fingerprint density at radius 1 is 1.00 bits per heavy atom. The van der Waals surface area contributed by atoms with E-state index < -0.39 is 91.1 Å². The fourth-order valence-corrected chi connectivity index (χ4v) is 3.79. The standard InChI is InChI=1S/C20H28N2O13/c1-8(24)21-13-16(27)15(26)12(7-32-20-18(29)17(28)14(25)11(6-23)34-20)35-19(13)33-10-5-3-2-4-9(10)22(30)31/h2-5,11-20,23,25-29H,6-7H2,1H3,(H,21,24)/t11-,12-,13+,14+,15+,16-,17+,18-,19+,20-/m1/s1. The van der Waals surface area contributed by atoms with E-state index in [-0.39, 0.29) is 5.75 Å². The number of carbonyl (C=O) groups is 1. The molecule has 0 aliphatic carbocycles. The molecular formula is C20H28N2O13. The van der Waals surface area contributed by atoms with Gasteiger partial charge in [0.2, 0.25) is 12.2 Å². The number of hydrogen-bond acceptors (Lipinski definition) is 13. The van der Waals surface area contributed by atoms with Gasteiger partial charge in [0.1, 0.15) is 48.8 Å². The van der Waals surface area contributed by atoms with Crippen LogP contribution in [-0.4, -0.2) is 116 Å². The van der Waals surface area contributed by atoms with Crippen molar-refractivity contribution in [2.45, 2.75) is 68.3 Å². The topological polar surface area (TPSA) is 231 Å². The Bertz CT molecular complexity index is 886. The molecule has 2 heterocycles. The maximum atomic E-state index is 11.6. The second-order valence-electron chi connectivity index (χ2n) is 8.12. The van der Waals surface area contributed by atoms with E-state index in [2.05, 4.69) is 5.32 Å². The normalized spacial score (nSPS) is 37.5. The number of hydrogen-bond donors (Lipinski definition) is 7. The molecule has 7 N–H and O–H groups in total. The molecule has 1 amide bonds. The number of nitrogens with one attached hydrogen (secondary N) is 1. The SMILES string of the molecule is CC(=O)N[C@@H]1[C@@H](Oc2ccccc2[N+](=O)[O-])O[C@H](CO[C@@H]2O[C@H](CO)[C@H](O)[C@H](O)[C@H]2O)[C@H](O)[C@@H]1O. The zero-order valence-corrected chi connectivity index (χ0v) is 18.5. The van der Waals surface area contributed by atoms with Crippen molar-refractivity contribution in [2.75, 3.05) is 13.2 Å². The molecule has 2 aliphatic heterocycles. The van der Waals surface area contributed by atoms with Gasteiger partial charge in [-0.1, -0.05) is 12.1 Å². The molecule has 35 heavy (non-hydrogen) atoms. The first-order chi connectivity index (χ1) is 16.5. The molecule has 0 unspecified atom stereocenters. The summed E-state index contributed by atoms with van der Waals surface area (Å²) in [7, 11) is 0. The number of nitro groups is 1. The third-order valence-electron chi connectivity index (χ3n) is 5.65. The fraction of sp³-hybridized carbons (Fsp3) is 0.650. The van der Waals surface area contributed by atoms with Gasteiger partial charge in [-0.25, -0.2) is 0 Å². The Morgan fingerprint density at radius 3 is 2.26 bits per heavy atom. The smallest absolute Gasteiger partial charge is 0.311 e. The Hall–Kier alpha value is -2.47. The van der Waals surface area contributed by atoms with Gasteiger partial charge in [-0.15, -0.1) is 0 Å². The molecule has 0 bridgehead atoms. The molecule has 1 aromatic carbocycles. The number of para-hydroxylation sites is 2. The fourth-order valence-electron chi connectivity index (χ4n) is 3.79. The number of rotatable bonds is 8. The first-order valence-corrected chi connectivity index (χ1v) is 10.7. The van der Waals surface area contributed by atoms with Gasteiger partial charge in [0.15, 0.2) is 12.0 Å². The van der Waals surface area contributed by atoms with E-state index in [1.807, 2.05) is 0 Å². The largest absolute Gasteiger partial charge is 0.455 e. The van der Waals surface area contributed by atoms with Gasteiger partial charge in [0.25, 0.3) is 0 Å². The van der Waals surface area contributed by atoms with Crippen LogP contribution in [0.3, 0.4) is 0 Å². The maximum Gasteiger partial charge on any atom is 0.311 e. The Balaban J connectivity index is 1.77. The highest BCUT2D eigenvalue weighted by molar-refractivity contribution is 5.73. The molecule has 15 nitrogen and oxygen atoms in total. The van der Waals surface area contributed by atoms with Crippen molar-refractivity contribution in [3.63, 3.8) is 0 Å². The molecule has 0 radical (unpaired) electrons. The third kappa shape index (κ3) is 6.03. The summed E-state index contributed by atoms with van der Waals surface area (Å²) in [5, 5.41) is 74.0. The molecule has 1 aromatic rings. The summed E-state index contributed by atoms with van der Waals surface area (Å²) < 4.78 is 21.9. The second-order valence-corrected chi connectivity index (χ2v) is 8.12. The van der Waals surface area contributed by atoms with Crippen molar-refractivity contribution in [1.29, 1.82) is 0 Å². The number of amides is 1. The van der Waals surface area contributed by atoms with Crippen LogP contribution in [0.5, 0.6) is 5.75 Å². The first kappa shape index (κ1) is 27.1. The van der Waals surface area contributed by atoms with E-state index in [1.54, 1.807) is 0 Å². The van der Waals surface area contributed by atoms with Crippen molar-refractivity contribution in [2.24, 2.45) is 0 Å². The summed E-state index contributed by atoms with van der Waals surface area (Å²) in [6.07, 6.45) is -14.0. The van der Waals surface area contributed by atoms with Crippen molar-refractivity contribution in [3.8, 4) is 5.75 Å². The summed E-state index contributed by atoms with van der Waals surface area (Å²) in [6, 6.07) is 4.00. The average molecular weight is 504 g/mol. The lowest BCUT2D eigenvalue weighted by molar-refractivity contribution is -0.386. The molecular weight excluding hydrogens is 476 g/mol. The zero-order valence-electron chi connectivity index (χ0n) is 18.5. The van der Waals surface area contributed by atoms with Crippen LogP contribution in [0.25, 0.3) is 0 Å². The summed E-state index contributed by atoms with van der Waals surface area (Å²) in [6.45, 7) is -0.0872. The lowest BCUT2D eigenvalue weighted by atomic mass is 9.96. The van der Waals surface area contributed by atoms with Gasteiger partial charge in [-0.3, -0.25) is 14.9 Å². The molecule has 10 atom stereocenters. The minimum Gasteiger partial charge on any atom is -0.455 e. The number of nitro benzene ring substituents is 1. The number of carbonyl (C=O) groups excluding carboxylic acids is 1. The van der Waals surface area contributed by atoms with Gasteiger partial charge in [-0.2, -0.15) is 0 Å². The van der Waals surface area contributed by atoms with E-state index in [4.69, 9.17) is 18.9 Å². The van der Waals surface area contributed by atoms with Crippen LogP contribution in [0, 0.1) is 10.1 Å². The van der Waals surface area contributed by atoms with E-state index in [1.165, 1.54) is 24.3 Å². The first-order valence-electron chi connectivity index (χ1n) is 10.7. The second kappa shape index (κ2) is 11.5. The monoisotopic (exact) mass is 504 g/mol. The molecule has 15 heteroatoms. The molecule has 0 spiro atoms. The van der Waals surface area contributed by atoms with Crippen molar-refractivity contribution >= 4 is 11.6 Å². The van der Waals surface area contributed by atoms with Crippen LogP contribution in [0.1, 0.15) is 6.92 Å². The predicted molar refractivity (Wildman–Crippen MR) is 112 cm³/mol. The van der Waals surface area contributed by atoms with E-state index in [0.717, 1.165) is 6.92 Å². The van der Waals surface area contributed by atoms with Gasteiger partial charge in [0, 0.05) is 13.0 Å². The molecule has 3 rings (SSSR count). The predicted octanol–water partition coefficient (Wildman–Crippen LogP) is -3.26. The Morgan fingerprint density at radius 2 is 1.63 bits per heavy atom. The van der Waals surface area contributed by atoms with Crippen LogP contribution in [0.4, 0.5) is 5.69 Å². The molecule has 2 aliphatic rings. The quantitative estimate of drug-likeness (QED) is 0.136. The number of aliphatic hydroxyl groups excluding tert-OH is 6. The van der Waals surface area contributed by atoms with Crippen molar-refractivity contribution in [1.82, 2.24) is 5.32 Å². The van der Waals surface area contributed by atoms with E-state index in [9.17, 15) is 45.5 Å². The number of aliphatic hydroxyl groups is 6. The minimum absolute atomic E-state index is 0.227. The number of benzene rings is 1. The maximum absolute atomic E-state index is 11.6. The minimum atomic E-state index is -1.72. The van der Waals surface area contributed by atoms with E-state index >= 15 is 0 Å². The lowest BCUT2D eigenvalue weighted by Crippen LogP contribution is -2.66. The molecule has 0 saturated carbocycles. The lowest BCUT2D eigenvalue weighted by Gasteiger charge is -2.43. The number of ether oxygens (including phenoxy) is 4. The van der Waals surface area contributed by atoms with Crippen LogP contribution in [-0.2, 0) is 19.0 Å². The molecule has 196 valence electrons. The summed E-state index contributed by atoms with van der Waals surface area (Å²) in [4.78, 5) is 22.3. The Kier molecular flexibility index (Phi) is 8.92. The van der Waals surface area contributed by atoms with Crippen LogP contribution < -0.4 is 10.1 Å². The zero-order chi connectivity index (χ0) is 25.9. The Labute approximate surface area is 198 Å². The van der Waals surface area contributed by atoms with Crippen molar-refractivity contribution in [3.05, 3.63) is 34.4 Å². The summed E-state index contributed by atoms with van der Waals surface area (Å²) >= 11 is 0. The van der Waals surface area contributed by atoms with Crippen LogP contribution in [0.2, 0.25) is 0 Å². The molecule has 2 fully saturated rings. The van der Waals surface area contributed by atoms with Crippen LogP contribution >= 0.6 is 0 Å². The van der Waals surface area contributed by atoms with E-state index in [0.29, 0.717) is 0 Å². The van der Waals surface area contributed by atoms with Gasteiger partial charge < -0.3 is 54.9 Å². The van der Waals surface area contributed by atoms with Gasteiger partial charge in [0.05, 0.1) is 18.1 Å². The average Bonchev–Trinajstić information content (AvgIpc) is 2.82. The molecule has 0 aromatic heterocycles. The highest BCUT2D eigenvalue weighted by atomic mass is 16.7. The van der Waals surface area contributed by atoms with Crippen molar-refractivity contribution < 1.29 is 59.3 Å². The third-order valence-corrected chi connectivity index (χ3v) is 5.65. The van der Waals surface area contributed by atoms with Crippen LogP contribution in [0.15, 0.2) is 24.3 Å². The summed E-state index contributed by atoms with van der Waals surface area (Å²) in [5.74, 6) is -0.827. The van der Waals surface area contributed by atoms with Gasteiger partial charge in [-0.05, 0) is 6.07 Å². The molecule has 2 saturated heterocycles.